The number of aryl methyl sites for hydroxylation is 1. The standard InChI is InChI=1S/C14H21N3O3.ClH/c1-4-14(5-2,9-15)16-13(18)11-6-7-12(17(19)20)10(3)8-11;/h6-8H,4-5,9,15H2,1-3H3,(H,16,18);1H. The van der Waals surface area contributed by atoms with Gasteiger partial charge in [0.05, 0.1) is 10.5 Å². The van der Waals surface area contributed by atoms with Crippen molar-refractivity contribution in [2.75, 3.05) is 6.54 Å². The van der Waals surface area contributed by atoms with Gasteiger partial charge in [0, 0.05) is 23.7 Å². The molecular weight excluding hydrogens is 294 g/mol. The van der Waals surface area contributed by atoms with Crippen LogP contribution in [0.4, 0.5) is 5.69 Å². The van der Waals surface area contributed by atoms with Crippen LogP contribution >= 0.6 is 12.4 Å². The number of amides is 1. The number of carbonyl (C=O) groups excluding carboxylic acids is 1. The highest BCUT2D eigenvalue weighted by Crippen LogP contribution is 2.20. The van der Waals surface area contributed by atoms with Crippen LogP contribution in [-0.2, 0) is 0 Å². The van der Waals surface area contributed by atoms with Gasteiger partial charge in [-0.05, 0) is 31.9 Å². The Balaban J connectivity index is 0.00000400. The summed E-state index contributed by atoms with van der Waals surface area (Å²) in [6.45, 7) is 5.91. The molecule has 0 aliphatic heterocycles. The Morgan fingerprint density at radius 3 is 2.33 bits per heavy atom. The molecule has 118 valence electrons. The second-order valence-electron chi connectivity index (χ2n) is 4.90. The summed E-state index contributed by atoms with van der Waals surface area (Å²) < 4.78 is 0. The Morgan fingerprint density at radius 2 is 1.95 bits per heavy atom. The van der Waals surface area contributed by atoms with E-state index in [9.17, 15) is 14.9 Å². The quantitative estimate of drug-likeness (QED) is 0.622. The number of nitrogens with one attached hydrogen (secondary N) is 1. The maximum atomic E-state index is 12.2. The number of hydrogen-bond donors (Lipinski definition) is 2. The van der Waals surface area contributed by atoms with E-state index >= 15 is 0 Å². The molecule has 0 spiro atoms. The molecule has 0 aliphatic rings. The van der Waals surface area contributed by atoms with Crippen molar-refractivity contribution < 1.29 is 9.72 Å². The molecule has 0 aliphatic carbocycles. The van der Waals surface area contributed by atoms with Gasteiger partial charge in [0.2, 0.25) is 0 Å². The smallest absolute Gasteiger partial charge is 0.272 e. The maximum absolute atomic E-state index is 12.2. The van der Waals surface area contributed by atoms with E-state index in [0.29, 0.717) is 17.7 Å². The van der Waals surface area contributed by atoms with Crippen molar-refractivity contribution in [3.63, 3.8) is 0 Å². The molecule has 0 saturated carbocycles. The molecule has 1 aromatic carbocycles. The lowest BCUT2D eigenvalue weighted by atomic mass is 9.92. The lowest BCUT2D eigenvalue weighted by Gasteiger charge is -2.31. The van der Waals surface area contributed by atoms with Gasteiger partial charge in [0.25, 0.3) is 11.6 Å². The fraction of sp³-hybridized carbons (Fsp3) is 0.500. The highest BCUT2D eigenvalue weighted by molar-refractivity contribution is 5.95. The SMILES string of the molecule is CCC(CC)(CN)NC(=O)c1ccc([N+](=O)[O-])c(C)c1.Cl. The molecule has 0 fully saturated rings. The van der Waals surface area contributed by atoms with Crippen molar-refractivity contribution in [1.29, 1.82) is 0 Å². The highest BCUT2D eigenvalue weighted by atomic mass is 35.5. The Labute approximate surface area is 130 Å². The number of hydrogen-bond acceptors (Lipinski definition) is 4. The van der Waals surface area contributed by atoms with Gasteiger partial charge >= 0.3 is 0 Å². The zero-order valence-electron chi connectivity index (χ0n) is 12.5. The van der Waals surface area contributed by atoms with E-state index in [1.165, 1.54) is 18.2 Å². The van der Waals surface area contributed by atoms with Gasteiger partial charge in [0.1, 0.15) is 0 Å². The summed E-state index contributed by atoms with van der Waals surface area (Å²) in [6.07, 6.45) is 1.47. The summed E-state index contributed by atoms with van der Waals surface area (Å²) in [5.74, 6) is -0.253. The van der Waals surface area contributed by atoms with Crippen molar-refractivity contribution in [3.8, 4) is 0 Å². The maximum Gasteiger partial charge on any atom is 0.272 e. The second-order valence-corrected chi connectivity index (χ2v) is 4.90. The van der Waals surface area contributed by atoms with E-state index in [2.05, 4.69) is 5.32 Å². The molecule has 6 nitrogen and oxygen atoms in total. The third-order valence-corrected chi connectivity index (χ3v) is 3.78. The van der Waals surface area contributed by atoms with Crippen molar-refractivity contribution in [2.45, 2.75) is 39.2 Å². The van der Waals surface area contributed by atoms with Crippen molar-refractivity contribution in [2.24, 2.45) is 5.73 Å². The number of nitrogens with zero attached hydrogens (tertiary/aromatic N) is 1. The summed E-state index contributed by atoms with van der Waals surface area (Å²) in [5.41, 5.74) is 6.21. The van der Waals surface area contributed by atoms with Crippen molar-refractivity contribution >= 4 is 24.0 Å². The molecule has 21 heavy (non-hydrogen) atoms. The van der Waals surface area contributed by atoms with Gasteiger partial charge in [-0.25, -0.2) is 0 Å². The third-order valence-electron chi connectivity index (χ3n) is 3.78. The summed E-state index contributed by atoms with van der Waals surface area (Å²) in [4.78, 5) is 22.5. The number of nitro groups is 1. The van der Waals surface area contributed by atoms with Crippen LogP contribution < -0.4 is 11.1 Å². The van der Waals surface area contributed by atoms with Crippen LogP contribution in [0.2, 0.25) is 0 Å². The van der Waals surface area contributed by atoms with Crippen LogP contribution in [-0.4, -0.2) is 22.9 Å². The Bertz CT molecular complexity index is 508. The number of nitro benzene ring substituents is 1. The Morgan fingerprint density at radius 1 is 1.38 bits per heavy atom. The van der Waals surface area contributed by atoms with Crippen LogP contribution in [0.5, 0.6) is 0 Å². The third kappa shape index (κ3) is 4.41. The second kappa shape index (κ2) is 7.95. The molecule has 0 radical (unpaired) electrons. The summed E-state index contributed by atoms with van der Waals surface area (Å²) >= 11 is 0. The first kappa shape index (κ1) is 19.3. The predicted octanol–water partition coefficient (Wildman–Crippen LogP) is 2.57. The molecule has 0 atom stereocenters. The van der Waals surface area contributed by atoms with Gasteiger partial charge in [-0.2, -0.15) is 0 Å². The largest absolute Gasteiger partial charge is 0.345 e. The van der Waals surface area contributed by atoms with E-state index in [1.54, 1.807) is 6.92 Å². The topological polar surface area (TPSA) is 98.3 Å². The molecule has 0 heterocycles. The number of rotatable bonds is 6. The van der Waals surface area contributed by atoms with Crippen LogP contribution in [0.1, 0.15) is 42.6 Å². The molecule has 1 rings (SSSR count). The summed E-state index contributed by atoms with van der Waals surface area (Å²) in [6, 6.07) is 4.35. The lowest BCUT2D eigenvalue weighted by Crippen LogP contribution is -2.52. The minimum atomic E-state index is -0.459. The number of nitrogens with two attached hydrogens (primary N) is 1. The van der Waals surface area contributed by atoms with Crippen LogP contribution in [0, 0.1) is 17.0 Å². The van der Waals surface area contributed by atoms with Crippen molar-refractivity contribution in [3.05, 3.63) is 39.4 Å². The number of carbonyl (C=O) groups is 1. The van der Waals surface area contributed by atoms with Gasteiger partial charge in [0.15, 0.2) is 0 Å². The highest BCUT2D eigenvalue weighted by Gasteiger charge is 2.27. The molecule has 1 amide bonds. The van der Waals surface area contributed by atoms with Gasteiger partial charge in [-0.1, -0.05) is 13.8 Å². The molecule has 7 heteroatoms. The summed E-state index contributed by atoms with van der Waals surface area (Å²) in [5, 5.41) is 13.7. The molecule has 1 aromatic rings. The average molecular weight is 316 g/mol. The zero-order chi connectivity index (χ0) is 15.3. The van der Waals surface area contributed by atoms with Gasteiger partial charge in [-0.3, -0.25) is 14.9 Å². The fourth-order valence-corrected chi connectivity index (χ4v) is 2.08. The predicted molar refractivity (Wildman–Crippen MR) is 84.9 cm³/mol. The first-order valence-corrected chi connectivity index (χ1v) is 6.66. The zero-order valence-corrected chi connectivity index (χ0v) is 13.3. The van der Waals surface area contributed by atoms with E-state index in [0.717, 1.165) is 12.8 Å². The molecule has 0 unspecified atom stereocenters. The van der Waals surface area contributed by atoms with Crippen LogP contribution in [0.25, 0.3) is 0 Å². The summed E-state index contributed by atoms with van der Waals surface area (Å²) in [7, 11) is 0. The molecule has 0 saturated heterocycles. The normalized spacial score (nSPS) is 10.7. The Hall–Kier alpha value is -1.66. The first-order chi connectivity index (χ1) is 9.39. The fourth-order valence-electron chi connectivity index (χ4n) is 2.08. The molecular formula is C14H22ClN3O3. The van der Waals surface area contributed by atoms with Gasteiger partial charge < -0.3 is 11.1 Å². The minimum Gasteiger partial charge on any atom is -0.345 e. The van der Waals surface area contributed by atoms with E-state index < -0.39 is 10.5 Å². The van der Waals surface area contributed by atoms with Crippen LogP contribution in [0.3, 0.4) is 0 Å². The van der Waals surface area contributed by atoms with E-state index in [-0.39, 0.29) is 24.0 Å². The molecule has 0 aromatic heterocycles. The lowest BCUT2D eigenvalue weighted by molar-refractivity contribution is -0.385. The van der Waals surface area contributed by atoms with Crippen molar-refractivity contribution in [1.82, 2.24) is 5.32 Å². The van der Waals surface area contributed by atoms with Gasteiger partial charge in [-0.15, -0.1) is 12.4 Å². The average Bonchev–Trinajstić information content (AvgIpc) is 2.44. The minimum absolute atomic E-state index is 0. The number of halogens is 1. The first-order valence-electron chi connectivity index (χ1n) is 6.66. The van der Waals surface area contributed by atoms with Crippen LogP contribution in [0.15, 0.2) is 18.2 Å². The molecule has 0 bridgehead atoms. The monoisotopic (exact) mass is 315 g/mol. The number of benzene rings is 1. The molecule has 3 N–H and O–H groups in total. The van der Waals surface area contributed by atoms with E-state index in [1.807, 2.05) is 13.8 Å². The van der Waals surface area contributed by atoms with E-state index in [4.69, 9.17) is 5.73 Å². The Kier molecular flexibility index (Phi) is 7.32.